The number of ether oxygens (including phenoxy) is 3. The van der Waals surface area contributed by atoms with Gasteiger partial charge in [0.15, 0.2) is 12.6 Å². The highest BCUT2D eigenvalue weighted by atomic mass is 16.7. The number of aliphatic hydroxyl groups is 1. The second kappa shape index (κ2) is 14.5. The first kappa shape index (κ1) is 33.4. The molecule has 1 heterocycles. The highest BCUT2D eigenvalue weighted by Gasteiger charge is 2.42. The molecule has 2 aromatic rings. The Morgan fingerprint density at radius 1 is 1.32 bits per heavy atom. The van der Waals surface area contributed by atoms with Crippen molar-refractivity contribution in [1.82, 2.24) is 15.0 Å². The number of allylic oxidation sites excluding steroid dienone is 4. The zero-order valence-corrected chi connectivity index (χ0v) is 26.6. The van der Waals surface area contributed by atoms with E-state index in [0.29, 0.717) is 24.5 Å². The summed E-state index contributed by atoms with van der Waals surface area (Å²) in [6.45, 7) is 8.00. The minimum absolute atomic E-state index is 0.0718. The van der Waals surface area contributed by atoms with Gasteiger partial charge in [-0.1, -0.05) is 49.4 Å². The van der Waals surface area contributed by atoms with E-state index in [2.05, 4.69) is 46.3 Å². The number of hydrazine groups is 1. The Labute approximate surface area is 260 Å². The van der Waals surface area contributed by atoms with Gasteiger partial charge in [-0.2, -0.15) is 5.10 Å². The number of nitrogens with one attached hydrogen (secondary N) is 1. The number of imidazole rings is 1. The van der Waals surface area contributed by atoms with E-state index in [-0.39, 0.29) is 31.4 Å². The number of hydrazone groups is 1. The van der Waals surface area contributed by atoms with Crippen LogP contribution in [-0.4, -0.2) is 46.5 Å². The summed E-state index contributed by atoms with van der Waals surface area (Å²) in [7, 11) is 1.67. The molecule has 240 valence electrons. The molecule has 11 heteroatoms. The molecule has 0 aliphatic heterocycles. The fourth-order valence-corrected chi connectivity index (χ4v) is 6.17. The first-order valence-electron chi connectivity index (χ1n) is 15.3. The molecule has 44 heavy (non-hydrogen) atoms. The number of carbonyl (C=O) groups excluding carboxylic acids is 1. The quantitative estimate of drug-likeness (QED) is 0.0501. The Balaban J connectivity index is 1.50. The summed E-state index contributed by atoms with van der Waals surface area (Å²) in [6, 6.07) is 7.93. The van der Waals surface area contributed by atoms with Gasteiger partial charge < -0.3 is 35.2 Å². The van der Waals surface area contributed by atoms with Gasteiger partial charge in [0.05, 0.1) is 29.5 Å². The topological polar surface area (TPSA) is 159 Å². The van der Waals surface area contributed by atoms with Crippen molar-refractivity contribution in [2.24, 2.45) is 22.2 Å². The van der Waals surface area contributed by atoms with Crippen molar-refractivity contribution in [3.63, 3.8) is 0 Å². The van der Waals surface area contributed by atoms with Crippen LogP contribution in [0.25, 0.3) is 0 Å². The molecule has 11 nitrogen and oxygen atoms in total. The van der Waals surface area contributed by atoms with Crippen molar-refractivity contribution in [3.8, 4) is 0 Å². The van der Waals surface area contributed by atoms with Crippen LogP contribution in [0.5, 0.6) is 0 Å². The van der Waals surface area contributed by atoms with Crippen LogP contribution >= 0.6 is 0 Å². The van der Waals surface area contributed by atoms with Gasteiger partial charge in [-0.15, -0.1) is 0 Å². The van der Waals surface area contributed by atoms with E-state index in [0.717, 1.165) is 60.3 Å². The van der Waals surface area contributed by atoms with Crippen molar-refractivity contribution in [2.75, 3.05) is 13.9 Å². The summed E-state index contributed by atoms with van der Waals surface area (Å²) in [6.07, 6.45) is 11.2. The van der Waals surface area contributed by atoms with Gasteiger partial charge in [0.25, 0.3) is 0 Å². The maximum atomic E-state index is 12.9. The first-order chi connectivity index (χ1) is 21.0. The Kier molecular flexibility index (Phi) is 11.0. The monoisotopic (exact) mass is 608 g/mol. The van der Waals surface area contributed by atoms with Crippen LogP contribution in [0.4, 0.5) is 0 Å². The molecule has 1 fully saturated rings. The molecule has 3 unspecified atom stereocenters. The third-order valence-corrected chi connectivity index (χ3v) is 8.64. The van der Waals surface area contributed by atoms with Crippen molar-refractivity contribution in [1.29, 1.82) is 0 Å². The largest absolute Gasteiger partial charge is 0.438 e. The number of rotatable bonds is 13. The third-order valence-electron chi connectivity index (χ3n) is 8.64. The average molecular weight is 609 g/mol. The van der Waals surface area contributed by atoms with E-state index in [1.165, 1.54) is 0 Å². The molecule has 1 saturated carbocycles. The molecular weight excluding hydrogens is 560 g/mol. The van der Waals surface area contributed by atoms with Crippen LogP contribution in [0, 0.1) is 5.41 Å². The molecule has 0 radical (unpaired) electrons. The molecule has 0 amide bonds. The minimum atomic E-state index is -1.18. The molecule has 0 bridgehead atoms. The number of esters is 1. The average Bonchev–Trinajstić information content (AvgIpc) is 3.58. The van der Waals surface area contributed by atoms with Crippen LogP contribution in [0.15, 0.2) is 53.2 Å². The summed E-state index contributed by atoms with van der Waals surface area (Å²) in [5, 5.41) is 14.8. The zero-order valence-electron chi connectivity index (χ0n) is 26.6. The summed E-state index contributed by atoms with van der Waals surface area (Å²) in [5.41, 5.74) is 5.22. The fraction of sp³-hybridized carbons (Fsp3) is 0.545. The fourth-order valence-electron chi connectivity index (χ4n) is 6.17. The number of methoxy groups -OCH3 is 1. The highest BCUT2D eigenvalue weighted by Crippen LogP contribution is 2.40. The lowest BCUT2D eigenvalue weighted by atomic mass is 9.87. The molecule has 1 aromatic carbocycles. The normalized spacial score (nSPS) is 22.2. The first-order valence-corrected chi connectivity index (χ1v) is 15.3. The number of benzene rings is 1. The van der Waals surface area contributed by atoms with E-state index >= 15 is 0 Å². The van der Waals surface area contributed by atoms with Crippen LogP contribution in [0.1, 0.15) is 94.1 Å². The van der Waals surface area contributed by atoms with Crippen molar-refractivity contribution in [3.05, 3.63) is 76.4 Å². The third kappa shape index (κ3) is 7.58. The van der Waals surface area contributed by atoms with E-state index in [1.807, 2.05) is 25.1 Å². The van der Waals surface area contributed by atoms with Gasteiger partial charge in [0.2, 0.25) is 0 Å². The van der Waals surface area contributed by atoms with Crippen molar-refractivity contribution < 1.29 is 24.1 Å². The molecule has 6 N–H and O–H groups in total. The Morgan fingerprint density at radius 3 is 2.70 bits per heavy atom. The number of aromatic nitrogens is 2. The van der Waals surface area contributed by atoms with Gasteiger partial charge in [-0.05, 0) is 64.0 Å². The van der Waals surface area contributed by atoms with Crippen LogP contribution in [-0.2, 0) is 44.2 Å². The van der Waals surface area contributed by atoms with Gasteiger partial charge in [-0.25, -0.2) is 10.8 Å². The van der Waals surface area contributed by atoms with E-state index in [9.17, 15) is 9.90 Å². The number of aryl methyl sites for hydroxylation is 1. The molecule has 4 rings (SSSR count). The summed E-state index contributed by atoms with van der Waals surface area (Å²) in [4.78, 5) is 17.7. The highest BCUT2D eigenvalue weighted by molar-refractivity contribution is 5.99. The summed E-state index contributed by atoms with van der Waals surface area (Å²) >= 11 is 0. The van der Waals surface area contributed by atoms with E-state index in [1.54, 1.807) is 21.0 Å². The van der Waals surface area contributed by atoms with Crippen molar-refractivity contribution >= 4 is 11.8 Å². The Bertz CT molecular complexity index is 1390. The lowest BCUT2D eigenvalue weighted by Gasteiger charge is -2.23. The minimum Gasteiger partial charge on any atom is -0.438 e. The predicted molar refractivity (Wildman–Crippen MR) is 169 cm³/mol. The number of nitrogens with zero attached hydrogens (tertiary/aromatic N) is 3. The smallest absolute Gasteiger partial charge is 0.313 e. The second-order valence-corrected chi connectivity index (χ2v) is 12.5. The Morgan fingerprint density at radius 2 is 2.09 bits per heavy atom. The van der Waals surface area contributed by atoms with Crippen LogP contribution < -0.4 is 17.1 Å². The molecule has 1 aromatic heterocycles. The van der Waals surface area contributed by atoms with Gasteiger partial charge in [-0.3, -0.25) is 4.79 Å². The van der Waals surface area contributed by atoms with Crippen LogP contribution in [0.2, 0.25) is 0 Å². The zero-order chi connectivity index (χ0) is 31.9. The standard InChI is InChI=1S/C33H48N6O5/c1-6-9-28-36-29(32(2,3)41)27(20-43-21-44-31(40)33(4)17-16-24(18-33)42-5)39(28)19-22-12-14-23(15-13-22)25-10-7-8-11-26(25)30(37-34)38-35/h7-8,10-14,23-24,41H,6,9,15-21,34-35H2,1-5H3,(H,37,38). The number of carbonyl (C=O) groups is 1. The van der Waals surface area contributed by atoms with E-state index in [4.69, 9.17) is 30.9 Å². The summed E-state index contributed by atoms with van der Waals surface area (Å²) in [5.74, 6) is 12.4. The maximum Gasteiger partial charge on any atom is 0.313 e. The van der Waals surface area contributed by atoms with Gasteiger partial charge in [0, 0.05) is 31.6 Å². The van der Waals surface area contributed by atoms with Crippen LogP contribution in [0.3, 0.4) is 0 Å². The number of hydrogen-bond donors (Lipinski definition) is 4. The van der Waals surface area contributed by atoms with Gasteiger partial charge in [0.1, 0.15) is 11.4 Å². The molecular formula is C33H48N6O5. The lowest BCUT2D eigenvalue weighted by Crippen LogP contribution is -2.33. The molecule has 2 aliphatic rings. The van der Waals surface area contributed by atoms with Crippen molar-refractivity contribution in [2.45, 2.75) is 97.0 Å². The van der Waals surface area contributed by atoms with E-state index < -0.39 is 11.0 Å². The number of amidine groups is 1. The second-order valence-electron chi connectivity index (χ2n) is 12.5. The predicted octanol–water partition coefficient (Wildman–Crippen LogP) is 4.04. The van der Waals surface area contributed by atoms with Gasteiger partial charge >= 0.3 is 5.97 Å². The molecule has 0 spiro atoms. The molecule has 3 atom stereocenters. The molecule has 2 aliphatic carbocycles. The Hall–Kier alpha value is -3.51. The maximum absolute atomic E-state index is 12.9. The number of hydrogen-bond acceptors (Lipinski definition) is 9. The molecule has 0 saturated heterocycles. The number of nitrogens with two attached hydrogens (primary N) is 2. The SMILES string of the molecule is CCCc1nc(C(C)(C)O)c(COCOC(=O)C2(C)CCC(OC)C2)n1CC1=CCC(c2ccccc2C(=NN)NN)C=C1. The lowest BCUT2D eigenvalue weighted by molar-refractivity contribution is -0.169. The summed E-state index contributed by atoms with van der Waals surface area (Å²) < 4.78 is 19.0.